The summed E-state index contributed by atoms with van der Waals surface area (Å²) in [6.45, 7) is 6.52. The number of piperazine rings is 1. The van der Waals surface area contributed by atoms with E-state index in [1.165, 1.54) is 24.1 Å². The molecule has 4 nitrogen and oxygen atoms in total. The van der Waals surface area contributed by atoms with Crippen molar-refractivity contribution in [3.05, 3.63) is 17.3 Å². The molecule has 0 saturated carbocycles. The van der Waals surface area contributed by atoms with Crippen LogP contribution >= 0.6 is 0 Å². The van der Waals surface area contributed by atoms with Crippen molar-refractivity contribution in [1.82, 2.24) is 15.5 Å². The van der Waals surface area contributed by atoms with E-state index in [1.54, 1.807) is 0 Å². The second kappa shape index (κ2) is 4.61. The minimum absolute atomic E-state index is 0.794. The summed E-state index contributed by atoms with van der Waals surface area (Å²) >= 11 is 0. The van der Waals surface area contributed by atoms with Crippen LogP contribution in [0.3, 0.4) is 0 Å². The zero-order chi connectivity index (χ0) is 11.7. The summed E-state index contributed by atoms with van der Waals surface area (Å²) in [7, 11) is 0. The van der Waals surface area contributed by atoms with Gasteiger partial charge in [-0.1, -0.05) is 6.92 Å². The molecule has 4 heteroatoms. The van der Waals surface area contributed by atoms with E-state index in [9.17, 15) is 0 Å². The van der Waals surface area contributed by atoms with Crippen molar-refractivity contribution < 1.29 is 0 Å². The highest BCUT2D eigenvalue weighted by Crippen LogP contribution is 2.25. The molecule has 17 heavy (non-hydrogen) atoms. The monoisotopic (exact) mass is 232 g/mol. The lowest BCUT2D eigenvalue weighted by Gasteiger charge is -2.29. The highest BCUT2D eigenvalue weighted by atomic mass is 15.3. The van der Waals surface area contributed by atoms with Gasteiger partial charge in [0.05, 0.1) is 5.69 Å². The molecule has 3 rings (SSSR count). The van der Waals surface area contributed by atoms with Gasteiger partial charge < -0.3 is 10.2 Å². The van der Waals surface area contributed by atoms with Crippen LogP contribution < -0.4 is 10.2 Å². The van der Waals surface area contributed by atoms with Crippen LogP contribution in [0.1, 0.15) is 24.6 Å². The Balaban J connectivity index is 1.84. The van der Waals surface area contributed by atoms with Gasteiger partial charge in [-0.3, -0.25) is 0 Å². The second-order valence-corrected chi connectivity index (χ2v) is 5.26. The summed E-state index contributed by atoms with van der Waals surface area (Å²) in [5.41, 5.74) is 2.65. The van der Waals surface area contributed by atoms with Crippen molar-refractivity contribution in [2.45, 2.75) is 26.2 Å². The lowest BCUT2D eigenvalue weighted by molar-refractivity contribution is 0.489. The fourth-order valence-corrected chi connectivity index (χ4v) is 2.74. The molecule has 0 bridgehead atoms. The molecule has 2 aliphatic rings. The number of rotatable bonds is 1. The lowest BCUT2D eigenvalue weighted by atomic mass is 9.88. The predicted octanol–water partition coefficient (Wildman–Crippen LogP) is 1.01. The third-order valence-corrected chi connectivity index (χ3v) is 3.83. The van der Waals surface area contributed by atoms with Gasteiger partial charge in [-0.2, -0.15) is 5.10 Å². The number of hydrogen-bond acceptors (Lipinski definition) is 4. The second-order valence-electron chi connectivity index (χ2n) is 5.26. The van der Waals surface area contributed by atoms with Gasteiger partial charge in [0.25, 0.3) is 0 Å². The van der Waals surface area contributed by atoms with E-state index >= 15 is 0 Å². The smallest absolute Gasteiger partial charge is 0.151 e. The van der Waals surface area contributed by atoms with Crippen LogP contribution in [0.4, 0.5) is 5.82 Å². The molecule has 2 heterocycles. The Labute approximate surface area is 102 Å². The van der Waals surface area contributed by atoms with Gasteiger partial charge in [0.15, 0.2) is 5.82 Å². The predicted molar refractivity (Wildman–Crippen MR) is 68.3 cm³/mol. The van der Waals surface area contributed by atoms with Crippen LogP contribution in [-0.2, 0) is 12.8 Å². The number of nitrogens with one attached hydrogen (secondary N) is 1. The quantitative estimate of drug-likeness (QED) is 0.784. The van der Waals surface area contributed by atoms with E-state index in [0.717, 1.165) is 44.3 Å². The number of aryl methyl sites for hydroxylation is 1. The maximum atomic E-state index is 4.42. The first-order valence-electron chi connectivity index (χ1n) is 6.64. The number of anilines is 1. The van der Waals surface area contributed by atoms with Gasteiger partial charge in [0.2, 0.25) is 0 Å². The van der Waals surface area contributed by atoms with Crippen LogP contribution in [0.25, 0.3) is 0 Å². The van der Waals surface area contributed by atoms with E-state index in [1.807, 2.05) is 0 Å². The molecule has 0 amide bonds. The van der Waals surface area contributed by atoms with Crippen LogP contribution in [0.15, 0.2) is 6.07 Å². The molecule has 1 atom stereocenters. The van der Waals surface area contributed by atoms with Gasteiger partial charge in [-0.05, 0) is 36.8 Å². The summed E-state index contributed by atoms with van der Waals surface area (Å²) < 4.78 is 0. The maximum Gasteiger partial charge on any atom is 0.151 e. The van der Waals surface area contributed by atoms with Crippen LogP contribution in [0, 0.1) is 5.92 Å². The fraction of sp³-hybridized carbons (Fsp3) is 0.692. The van der Waals surface area contributed by atoms with Gasteiger partial charge in [-0.15, -0.1) is 5.10 Å². The first kappa shape index (κ1) is 11.0. The topological polar surface area (TPSA) is 41.1 Å². The summed E-state index contributed by atoms with van der Waals surface area (Å²) in [5.74, 6) is 1.86. The minimum atomic E-state index is 0.794. The molecule has 1 aromatic heterocycles. The molecule has 1 aliphatic carbocycles. The summed E-state index contributed by atoms with van der Waals surface area (Å²) in [6.07, 6.45) is 3.53. The van der Waals surface area contributed by atoms with E-state index in [-0.39, 0.29) is 0 Å². The van der Waals surface area contributed by atoms with Crippen molar-refractivity contribution in [1.29, 1.82) is 0 Å². The highest BCUT2D eigenvalue weighted by molar-refractivity contribution is 5.42. The van der Waals surface area contributed by atoms with Crippen molar-refractivity contribution in [2.24, 2.45) is 5.92 Å². The molecule has 0 aromatic carbocycles. The molecule has 1 saturated heterocycles. The lowest BCUT2D eigenvalue weighted by Crippen LogP contribution is -2.44. The Hall–Kier alpha value is -1.16. The maximum absolute atomic E-state index is 4.42. The van der Waals surface area contributed by atoms with E-state index < -0.39 is 0 Å². The van der Waals surface area contributed by atoms with Crippen molar-refractivity contribution in [3.8, 4) is 0 Å². The molecule has 1 fully saturated rings. The molecule has 0 unspecified atom stereocenters. The number of nitrogens with zero attached hydrogens (tertiary/aromatic N) is 3. The zero-order valence-corrected chi connectivity index (χ0v) is 10.4. The Morgan fingerprint density at radius 1 is 1.29 bits per heavy atom. The van der Waals surface area contributed by atoms with Crippen molar-refractivity contribution in [3.63, 3.8) is 0 Å². The molecular formula is C13H20N4. The number of aromatic nitrogens is 2. The number of fused-ring (bicyclic) bond motifs is 1. The minimum Gasteiger partial charge on any atom is -0.353 e. The van der Waals surface area contributed by atoms with E-state index in [2.05, 4.69) is 33.4 Å². The van der Waals surface area contributed by atoms with Crippen LogP contribution in [-0.4, -0.2) is 36.4 Å². The Morgan fingerprint density at radius 3 is 2.94 bits per heavy atom. The SMILES string of the molecule is C[C@@H]1CCc2nnc(N3CCNCC3)cc2C1. The Kier molecular flexibility index (Phi) is 2.97. The Bertz CT molecular complexity index is 398. The zero-order valence-electron chi connectivity index (χ0n) is 10.4. The summed E-state index contributed by atoms with van der Waals surface area (Å²) in [6, 6.07) is 2.27. The molecular weight excluding hydrogens is 212 g/mol. The van der Waals surface area contributed by atoms with Crippen molar-refractivity contribution >= 4 is 5.82 Å². The van der Waals surface area contributed by atoms with Crippen LogP contribution in [0.2, 0.25) is 0 Å². The number of hydrogen-bond donors (Lipinski definition) is 1. The first-order chi connectivity index (χ1) is 8.33. The molecule has 1 N–H and O–H groups in total. The molecule has 92 valence electrons. The summed E-state index contributed by atoms with van der Waals surface area (Å²) in [4.78, 5) is 2.34. The third kappa shape index (κ3) is 2.27. The van der Waals surface area contributed by atoms with Gasteiger partial charge in [0.1, 0.15) is 0 Å². The average Bonchev–Trinajstić information content (AvgIpc) is 2.39. The van der Waals surface area contributed by atoms with Crippen LogP contribution in [0.5, 0.6) is 0 Å². The molecule has 1 aromatic rings. The average molecular weight is 232 g/mol. The van der Waals surface area contributed by atoms with Gasteiger partial charge >= 0.3 is 0 Å². The standard InChI is InChI=1S/C13H20N4/c1-10-2-3-12-11(8-10)9-13(16-15-12)17-6-4-14-5-7-17/h9-10,14H,2-8H2,1H3/t10-/m1/s1. The van der Waals surface area contributed by atoms with Gasteiger partial charge in [0, 0.05) is 26.2 Å². The largest absolute Gasteiger partial charge is 0.353 e. The van der Waals surface area contributed by atoms with Gasteiger partial charge in [-0.25, -0.2) is 0 Å². The van der Waals surface area contributed by atoms with E-state index in [0.29, 0.717) is 0 Å². The molecule has 1 aliphatic heterocycles. The molecule has 0 spiro atoms. The highest BCUT2D eigenvalue weighted by Gasteiger charge is 2.19. The normalized spacial score (nSPS) is 24.5. The van der Waals surface area contributed by atoms with E-state index in [4.69, 9.17) is 0 Å². The Morgan fingerprint density at radius 2 is 2.12 bits per heavy atom. The third-order valence-electron chi connectivity index (χ3n) is 3.83. The first-order valence-corrected chi connectivity index (χ1v) is 6.64. The van der Waals surface area contributed by atoms with Crippen molar-refractivity contribution in [2.75, 3.05) is 31.1 Å². The molecule has 0 radical (unpaired) electrons. The summed E-state index contributed by atoms with van der Waals surface area (Å²) in [5, 5.41) is 12.2. The fourth-order valence-electron chi connectivity index (χ4n) is 2.74.